The van der Waals surface area contributed by atoms with Gasteiger partial charge in [0.25, 0.3) is 0 Å². The van der Waals surface area contributed by atoms with Gasteiger partial charge < -0.3 is 4.90 Å². The summed E-state index contributed by atoms with van der Waals surface area (Å²) in [6.45, 7) is 7.57. The largest absolute Gasteiger partial charge is 0.369 e. The van der Waals surface area contributed by atoms with Gasteiger partial charge in [-0.1, -0.05) is 19.1 Å². The van der Waals surface area contributed by atoms with E-state index in [9.17, 15) is 21.6 Å². The standard InChI is InChI=1S/C22H27N3O5S2/c1-16-5-4-6-21(18(16)3)23-11-13-24(14-12-23)32(29,30)20-9-7-19(8-10-20)25-22(26)17(2)15-31(25,27)28/h4-10,17H,11-15H2,1-3H3. The first-order valence-electron chi connectivity index (χ1n) is 10.5. The minimum absolute atomic E-state index is 0.0820. The highest BCUT2D eigenvalue weighted by Crippen LogP contribution is 2.30. The van der Waals surface area contributed by atoms with E-state index in [1.165, 1.54) is 39.7 Å². The fourth-order valence-electron chi connectivity index (χ4n) is 4.24. The van der Waals surface area contributed by atoms with E-state index in [-0.39, 0.29) is 16.3 Å². The zero-order valence-corrected chi connectivity index (χ0v) is 20.0. The summed E-state index contributed by atoms with van der Waals surface area (Å²) >= 11 is 0. The molecule has 2 fully saturated rings. The van der Waals surface area contributed by atoms with E-state index < -0.39 is 31.9 Å². The Bertz CT molecular complexity index is 1250. The fourth-order valence-corrected chi connectivity index (χ4v) is 7.48. The van der Waals surface area contributed by atoms with Crippen LogP contribution in [-0.2, 0) is 24.8 Å². The lowest BCUT2D eigenvalue weighted by Crippen LogP contribution is -2.48. The van der Waals surface area contributed by atoms with Crippen LogP contribution in [0.25, 0.3) is 0 Å². The third-order valence-electron chi connectivity index (χ3n) is 6.22. The van der Waals surface area contributed by atoms with E-state index >= 15 is 0 Å². The molecule has 0 spiro atoms. The monoisotopic (exact) mass is 477 g/mol. The van der Waals surface area contributed by atoms with E-state index in [4.69, 9.17) is 0 Å². The summed E-state index contributed by atoms with van der Waals surface area (Å²) in [5, 5.41) is 0. The molecule has 2 saturated heterocycles. The van der Waals surface area contributed by atoms with Crippen molar-refractivity contribution in [3.05, 3.63) is 53.6 Å². The number of carbonyl (C=O) groups excluding carboxylic acids is 1. The van der Waals surface area contributed by atoms with Crippen LogP contribution < -0.4 is 9.21 Å². The molecule has 4 rings (SSSR count). The highest BCUT2D eigenvalue weighted by Gasteiger charge is 2.42. The lowest BCUT2D eigenvalue weighted by molar-refractivity contribution is -0.119. The van der Waals surface area contributed by atoms with Crippen molar-refractivity contribution in [1.29, 1.82) is 0 Å². The molecule has 1 unspecified atom stereocenters. The summed E-state index contributed by atoms with van der Waals surface area (Å²) in [5.74, 6) is -1.35. The van der Waals surface area contributed by atoms with Gasteiger partial charge in [-0.05, 0) is 55.3 Å². The molecule has 10 heteroatoms. The number of carbonyl (C=O) groups is 1. The van der Waals surface area contributed by atoms with Crippen LogP contribution in [0.5, 0.6) is 0 Å². The average Bonchev–Trinajstić information content (AvgIpc) is 2.96. The second-order valence-corrected chi connectivity index (χ2v) is 12.2. The summed E-state index contributed by atoms with van der Waals surface area (Å²) in [6.07, 6.45) is 0. The van der Waals surface area contributed by atoms with Gasteiger partial charge in [-0.3, -0.25) is 4.79 Å². The molecule has 0 N–H and O–H groups in total. The molecule has 2 aliphatic rings. The molecule has 172 valence electrons. The van der Waals surface area contributed by atoms with Gasteiger partial charge in [-0.15, -0.1) is 0 Å². The lowest BCUT2D eigenvalue weighted by atomic mass is 10.1. The van der Waals surface area contributed by atoms with Gasteiger partial charge in [-0.25, -0.2) is 21.1 Å². The Balaban J connectivity index is 1.50. The number of amides is 1. The number of rotatable bonds is 4. The van der Waals surface area contributed by atoms with Crippen molar-refractivity contribution in [3.63, 3.8) is 0 Å². The molecule has 0 radical (unpaired) electrons. The third-order valence-corrected chi connectivity index (χ3v) is 10.0. The van der Waals surface area contributed by atoms with Gasteiger partial charge in [0.1, 0.15) is 0 Å². The number of nitrogens with zero attached hydrogens (tertiary/aromatic N) is 3. The van der Waals surface area contributed by atoms with Crippen molar-refractivity contribution in [2.45, 2.75) is 25.7 Å². The SMILES string of the molecule is Cc1cccc(N2CCN(S(=O)(=O)c3ccc(N4C(=O)C(C)CS4(=O)=O)cc3)CC2)c1C. The first-order chi connectivity index (χ1) is 15.0. The van der Waals surface area contributed by atoms with Crippen LogP contribution in [0.2, 0.25) is 0 Å². The summed E-state index contributed by atoms with van der Waals surface area (Å²) in [6, 6.07) is 11.6. The Morgan fingerprint density at radius 1 is 0.938 bits per heavy atom. The Labute approximate surface area is 189 Å². The second-order valence-electron chi connectivity index (χ2n) is 8.39. The molecule has 2 aromatic rings. The maximum atomic E-state index is 13.1. The van der Waals surface area contributed by atoms with Crippen molar-refractivity contribution < 1.29 is 21.6 Å². The van der Waals surface area contributed by atoms with Crippen molar-refractivity contribution in [2.75, 3.05) is 41.1 Å². The maximum absolute atomic E-state index is 13.1. The molecule has 0 aromatic heterocycles. The minimum Gasteiger partial charge on any atom is -0.369 e. The van der Waals surface area contributed by atoms with E-state index in [0.717, 1.165) is 9.99 Å². The van der Waals surface area contributed by atoms with Crippen molar-refractivity contribution in [3.8, 4) is 0 Å². The van der Waals surface area contributed by atoms with Crippen LogP contribution in [-0.4, -0.2) is 59.0 Å². The summed E-state index contributed by atoms with van der Waals surface area (Å²) in [7, 11) is -7.45. The molecule has 2 aromatic carbocycles. The molecule has 1 atom stereocenters. The van der Waals surface area contributed by atoms with E-state index in [0.29, 0.717) is 26.2 Å². The Kier molecular flexibility index (Phi) is 5.81. The molecule has 1 amide bonds. The third kappa shape index (κ3) is 3.91. The Morgan fingerprint density at radius 3 is 2.12 bits per heavy atom. The number of piperazine rings is 1. The van der Waals surface area contributed by atoms with Crippen LogP contribution in [0.3, 0.4) is 0 Å². The molecule has 0 saturated carbocycles. The van der Waals surface area contributed by atoms with E-state index in [1.807, 2.05) is 6.07 Å². The summed E-state index contributed by atoms with van der Waals surface area (Å²) in [5.41, 5.74) is 3.68. The van der Waals surface area contributed by atoms with Gasteiger partial charge in [0.05, 0.1) is 22.3 Å². The van der Waals surface area contributed by atoms with Gasteiger partial charge in [0.2, 0.25) is 26.0 Å². The number of hydrogen-bond acceptors (Lipinski definition) is 6. The molecule has 2 heterocycles. The number of benzene rings is 2. The zero-order chi connectivity index (χ0) is 23.3. The predicted octanol–water partition coefficient (Wildman–Crippen LogP) is 2.13. The molecule has 0 bridgehead atoms. The smallest absolute Gasteiger partial charge is 0.244 e. The number of aryl methyl sites for hydroxylation is 1. The highest BCUT2D eigenvalue weighted by atomic mass is 32.2. The van der Waals surface area contributed by atoms with Gasteiger partial charge >= 0.3 is 0 Å². The Hall–Kier alpha value is -2.43. The van der Waals surface area contributed by atoms with Crippen molar-refractivity contribution in [2.24, 2.45) is 5.92 Å². The van der Waals surface area contributed by atoms with E-state index in [2.05, 4.69) is 30.9 Å². The second kappa shape index (κ2) is 8.17. The number of hydrogen-bond donors (Lipinski definition) is 0. The van der Waals surface area contributed by atoms with Gasteiger partial charge in [0, 0.05) is 31.9 Å². The van der Waals surface area contributed by atoms with Crippen molar-refractivity contribution in [1.82, 2.24) is 4.31 Å². The number of anilines is 2. The highest BCUT2D eigenvalue weighted by molar-refractivity contribution is 7.94. The number of sulfonamides is 2. The van der Waals surface area contributed by atoms with Crippen LogP contribution in [0.15, 0.2) is 47.4 Å². The normalized spacial score (nSPS) is 21.8. The van der Waals surface area contributed by atoms with Crippen LogP contribution in [0, 0.1) is 19.8 Å². The molecule has 0 aliphatic carbocycles. The Morgan fingerprint density at radius 2 is 1.56 bits per heavy atom. The van der Waals surface area contributed by atoms with Crippen LogP contribution in [0.1, 0.15) is 18.1 Å². The molecule has 2 aliphatic heterocycles. The first-order valence-corrected chi connectivity index (χ1v) is 13.6. The van der Waals surface area contributed by atoms with Gasteiger partial charge in [-0.2, -0.15) is 4.31 Å². The van der Waals surface area contributed by atoms with Gasteiger partial charge in [0.15, 0.2) is 0 Å². The quantitative estimate of drug-likeness (QED) is 0.670. The van der Waals surface area contributed by atoms with E-state index in [1.54, 1.807) is 6.92 Å². The first kappa shape index (κ1) is 22.8. The van der Waals surface area contributed by atoms with Crippen molar-refractivity contribution >= 4 is 37.3 Å². The summed E-state index contributed by atoms with van der Waals surface area (Å²) < 4.78 is 53.1. The lowest BCUT2D eigenvalue weighted by Gasteiger charge is -2.36. The molecule has 8 nitrogen and oxygen atoms in total. The average molecular weight is 478 g/mol. The zero-order valence-electron chi connectivity index (χ0n) is 18.4. The summed E-state index contributed by atoms with van der Waals surface area (Å²) in [4.78, 5) is 14.5. The maximum Gasteiger partial charge on any atom is 0.244 e. The molecular formula is C22H27N3O5S2. The van der Waals surface area contributed by atoms with Crippen LogP contribution >= 0.6 is 0 Å². The topological polar surface area (TPSA) is 95.1 Å². The fraction of sp³-hybridized carbons (Fsp3) is 0.409. The van der Waals surface area contributed by atoms with Crippen LogP contribution in [0.4, 0.5) is 11.4 Å². The molecular weight excluding hydrogens is 450 g/mol. The predicted molar refractivity (Wildman–Crippen MR) is 124 cm³/mol. The minimum atomic E-state index is -3.73. The molecule has 32 heavy (non-hydrogen) atoms.